The first kappa shape index (κ1) is 15.9. The summed E-state index contributed by atoms with van der Waals surface area (Å²) in [5, 5.41) is 7.55. The van der Waals surface area contributed by atoms with Crippen LogP contribution in [0, 0.1) is 0 Å². The minimum Gasteiger partial charge on any atom is -0.355 e. The Morgan fingerprint density at radius 3 is 2.41 bits per heavy atom. The second-order valence-electron chi connectivity index (χ2n) is 6.89. The molecule has 4 aromatic rings. The third-order valence-corrected chi connectivity index (χ3v) is 5.18. The molecule has 0 atom stereocenters. The van der Waals surface area contributed by atoms with Crippen molar-refractivity contribution in [3.63, 3.8) is 0 Å². The van der Waals surface area contributed by atoms with Crippen molar-refractivity contribution in [1.29, 1.82) is 0 Å². The van der Waals surface area contributed by atoms with Crippen molar-refractivity contribution in [2.75, 3.05) is 18.0 Å². The van der Waals surface area contributed by atoms with Gasteiger partial charge in [0.1, 0.15) is 11.6 Å². The number of hydrogen-bond donors (Lipinski definition) is 1. The number of piperidine rings is 1. The van der Waals surface area contributed by atoms with Crippen LogP contribution in [-0.4, -0.2) is 38.2 Å². The van der Waals surface area contributed by atoms with Crippen molar-refractivity contribution in [1.82, 2.24) is 25.1 Å². The average molecular weight is 356 g/mol. The van der Waals surface area contributed by atoms with Crippen LogP contribution in [0.15, 0.2) is 60.8 Å². The van der Waals surface area contributed by atoms with E-state index in [4.69, 9.17) is 9.97 Å². The maximum Gasteiger partial charge on any atom is 0.181 e. The van der Waals surface area contributed by atoms with Crippen LogP contribution in [0.5, 0.6) is 0 Å². The molecule has 6 nitrogen and oxygen atoms in total. The third kappa shape index (κ3) is 3.14. The normalized spacial score (nSPS) is 15.3. The zero-order chi connectivity index (χ0) is 18.1. The van der Waals surface area contributed by atoms with Crippen molar-refractivity contribution >= 4 is 16.9 Å². The molecule has 1 aliphatic rings. The summed E-state index contributed by atoms with van der Waals surface area (Å²) in [7, 11) is 0. The largest absolute Gasteiger partial charge is 0.355 e. The summed E-state index contributed by atoms with van der Waals surface area (Å²) < 4.78 is 0. The topological polar surface area (TPSA) is 70.6 Å². The number of nitrogens with one attached hydrogen (secondary N) is 1. The molecule has 2 aromatic heterocycles. The zero-order valence-corrected chi connectivity index (χ0v) is 14.9. The monoisotopic (exact) mass is 356 g/mol. The average Bonchev–Trinajstić information content (AvgIpc) is 3.24. The standard InChI is InChI=1S/C21H20N6/c1-2-6-15(7-3-1)20-24-21(26-25-20)16-10-12-27(13-11-16)19-14-22-17-8-4-5-9-18(17)23-19/h1-9,14,16H,10-13H2,(H,24,25,26). The SMILES string of the molecule is c1ccc(-c2n[nH]c(C3CCN(c4cnc5ccccc5n4)CC3)n2)cc1. The highest BCUT2D eigenvalue weighted by Gasteiger charge is 2.24. The molecular formula is C21H20N6. The lowest BCUT2D eigenvalue weighted by atomic mass is 9.96. The Hall–Kier alpha value is -3.28. The fraction of sp³-hybridized carbons (Fsp3) is 0.238. The summed E-state index contributed by atoms with van der Waals surface area (Å²) in [4.78, 5) is 16.3. The lowest BCUT2D eigenvalue weighted by molar-refractivity contribution is 0.484. The molecule has 5 rings (SSSR count). The van der Waals surface area contributed by atoms with Crippen molar-refractivity contribution in [3.05, 3.63) is 66.6 Å². The van der Waals surface area contributed by atoms with Crippen LogP contribution in [-0.2, 0) is 0 Å². The first-order chi connectivity index (χ1) is 13.4. The van der Waals surface area contributed by atoms with E-state index in [1.165, 1.54) is 0 Å². The summed E-state index contributed by atoms with van der Waals surface area (Å²) in [5.74, 6) is 3.11. The highest BCUT2D eigenvalue weighted by Crippen LogP contribution is 2.29. The van der Waals surface area contributed by atoms with E-state index in [9.17, 15) is 0 Å². The van der Waals surface area contributed by atoms with Gasteiger partial charge in [0.2, 0.25) is 0 Å². The van der Waals surface area contributed by atoms with Gasteiger partial charge in [-0.3, -0.25) is 10.1 Å². The molecule has 134 valence electrons. The van der Waals surface area contributed by atoms with E-state index in [0.717, 1.165) is 60.0 Å². The second-order valence-corrected chi connectivity index (χ2v) is 6.89. The molecule has 6 heteroatoms. The number of benzene rings is 2. The van der Waals surface area contributed by atoms with Gasteiger partial charge in [0.25, 0.3) is 0 Å². The van der Waals surface area contributed by atoms with E-state index < -0.39 is 0 Å². The molecule has 27 heavy (non-hydrogen) atoms. The number of nitrogens with zero attached hydrogens (tertiary/aromatic N) is 5. The molecule has 0 aliphatic carbocycles. The van der Waals surface area contributed by atoms with Crippen LogP contribution >= 0.6 is 0 Å². The predicted octanol–water partition coefficient (Wildman–Crippen LogP) is 3.80. The molecular weight excluding hydrogens is 336 g/mol. The Morgan fingerprint density at radius 1 is 0.852 bits per heavy atom. The Bertz CT molecular complexity index is 1050. The number of aromatic amines is 1. The molecule has 1 fully saturated rings. The lowest BCUT2D eigenvalue weighted by Gasteiger charge is -2.31. The van der Waals surface area contributed by atoms with E-state index in [-0.39, 0.29) is 0 Å². The summed E-state index contributed by atoms with van der Waals surface area (Å²) in [5.41, 5.74) is 2.93. The van der Waals surface area contributed by atoms with E-state index in [1.54, 1.807) is 0 Å². The number of hydrogen-bond acceptors (Lipinski definition) is 5. The van der Waals surface area contributed by atoms with E-state index >= 15 is 0 Å². The van der Waals surface area contributed by atoms with Gasteiger partial charge in [0.15, 0.2) is 5.82 Å². The van der Waals surface area contributed by atoms with Gasteiger partial charge in [-0.1, -0.05) is 42.5 Å². The molecule has 0 spiro atoms. The van der Waals surface area contributed by atoms with Crippen molar-refractivity contribution < 1.29 is 0 Å². The smallest absolute Gasteiger partial charge is 0.181 e. The Morgan fingerprint density at radius 2 is 1.59 bits per heavy atom. The number of fused-ring (bicyclic) bond motifs is 1. The van der Waals surface area contributed by atoms with Crippen LogP contribution in [0.3, 0.4) is 0 Å². The fourth-order valence-electron chi connectivity index (χ4n) is 3.66. The second kappa shape index (κ2) is 6.79. The van der Waals surface area contributed by atoms with Gasteiger partial charge in [-0.2, -0.15) is 5.10 Å². The summed E-state index contributed by atoms with van der Waals surface area (Å²) in [6.45, 7) is 1.89. The molecule has 3 heterocycles. The first-order valence-electron chi connectivity index (χ1n) is 9.31. The van der Waals surface area contributed by atoms with Crippen molar-refractivity contribution in [2.24, 2.45) is 0 Å². The van der Waals surface area contributed by atoms with Gasteiger partial charge in [-0.15, -0.1) is 0 Å². The van der Waals surface area contributed by atoms with E-state index in [1.807, 2.05) is 60.8 Å². The van der Waals surface area contributed by atoms with Crippen LogP contribution in [0.2, 0.25) is 0 Å². The first-order valence-corrected chi connectivity index (χ1v) is 9.31. The van der Waals surface area contributed by atoms with E-state index in [0.29, 0.717) is 5.92 Å². The van der Waals surface area contributed by atoms with Crippen LogP contribution in [0.1, 0.15) is 24.6 Å². The minimum atomic E-state index is 0.402. The van der Waals surface area contributed by atoms with Crippen molar-refractivity contribution in [3.8, 4) is 11.4 Å². The summed E-state index contributed by atoms with van der Waals surface area (Å²) in [6.07, 6.45) is 3.93. The minimum absolute atomic E-state index is 0.402. The molecule has 0 unspecified atom stereocenters. The van der Waals surface area contributed by atoms with Crippen LogP contribution in [0.4, 0.5) is 5.82 Å². The van der Waals surface area contributed by atoms with E-state index in [2.05, 4.69) is 20.1 Å². The summed E-state index contributed by atoms with van der Waals surface area (Å²) in [6, 6.07) is 18.1. The number of aromatic nitrogens is 5. The van der Waals surface area contributed by atoms with Gasteiger partial charge in [-0.25, -0.2) is 9.97 Å². The molecule has 0 bridgehead atoms. The number of rotatable bonds is 3. The third-order valence-electron chi connectivity index (χ3n) is 5.18. The zero-order valence-electron chi connectivity index (χ0n) is 14.9. The molecule has 0 radical (unpaired) electrons. The van der Waals surface area contributed by atoms with Gasteiger partial charge in [0, 0.05) is 24.6 Å². The van der Waals surface area contributed by atoms with Gasteiger partial charge in [0.05, 0.1) is 17.2 Å². The number of H-pyrrole nitrogens is 1. The Labute approximate surface area is 157 Å². The maximum absolute atomic E-state index is 4.77. The predicted molar refractivity (Wildman–Crippen MR) is 106 cm³/mol. The maximum atomic E-state index is 4.77. The Kier molecular flexibility index (Phi) is 4.01. The van der Waals surface area contributed by atoms with Crippen LogP contribution in [0.25, 0.3) is 22.4 Å². The van der Waals surface area contributed by atoms with Crippen molar-refractivity contribution in [2.45, 2.75) is 18.8 Å². The molecule has 0 saturated carbocycles. The lowest BCUT2D eigenvalue weighted by Crippen LogP contribution is -2.33. The van der Waals surface area contributed by atoms with Crippen LogP contribution < -0.4 is 4.90 Å². The molecule has 0 amide bonds. The highest BCUT2D eigenvalue weighted by atomic mass is 15.2. The fourth-order valence-corrected chi connectivity index (χ4v) is 3.66. The summed E-state index contributed by atoms with van der Waals surface area (Å²) >= 11 is 0. The molecule has 2 aromatic carbocycles. The number of anilines is 1. The Balaban J connectivity index is 1.29. The molecule has 1 saturated heterocycles. The molecule has 1 aliphatic heterocycles. The number of para-hydroxylation sites is 2. The quantitative estimate of drug-likeness (QED) is 0.605. The van der Waals surface area contributed by atoms with Gasteiger partial charge < -0.3 is 4.90 Å². The van der Waals surface area contributed by atoms with Gasteiger partial charge >= 0.3 is 0 Å². The highest BCUT2D eigenvalue weighted by molar-refractivity contribution is 5.75. The van der Waals surface area contributed by atoms with Gasteiger partial charge in [-0.05, 0) is 25.0 Å². The molecule has 1 N–H and O–H groups in total.